The maximum Gasteiger partial charge on any atom is 0.228 e. The van der Waals surface area contributed by atoms with Gasteiger partial charge < -0.3 is 5.32 Å². The second kappa shape index (κ2) is 6.86. The van der Waals surface area contributed by atoms with Gasteiger partial charge >= 0.3 is 0 Å². The quantitative estimate of drug-likeness (QED) is 0.478. The first-order valence-electron chi connectivity index (χ1n) is 7.88. The molecule has 26 heavy (non-hydrogen) atoms. The Morgan fingerprint density at radius 3 is 2.35 bits per heavy atom. The number of hydrogen-bond acceptors (Lipinski definition) is 5. The van der Waals surface area contributed by atoms with E-state index in [0.29, 0.717) is 11.6 Å². The largest absolute Gasteiger partial charge is 0.319 e. The molecule has 2 aromatic heterocycles. The first kappa shape index (κ1) is 16.7. The van der Waals surface area contributed by atoms with Gasteiger partial charge in [0, 0.05) is 10.9 Å². The van der Waals surface area contributed by atoms with Crippen LogP contribution in [0.25, 0.3) is 22.2 Å². The van der Waals surface area contributed by atoms with Gasteiger partial charge in [0.2, 0.25) is 5.95 Å². The molecule has 0 bridgehead atoms. The monoisotopic (exact) mass is 381 g/mol. The number of fused-ring (bicyclic) bond motifs is 1. The minimum Gasteiger partial charge on any atom is -0.319 e. The van der Waals surface area contributed by atoms with Crippen LogP contribution < -0.4 is 5.32 Å². The average Bonchev–Trinajstić information content (AvgIpc) is 2.65. The van der Waals surface area contributed by atoms with Gasteiger partial charge in [0.25, 0.3) is 0 Å². The maximum absolute atomic E-state index is 6.12. The third-order valence-electron chi connectivity index (χ3n) is 3.89. The summed E-state index contributed by atoms with van der Waals surface area (Å²) in [7, 11) is 0. The first-order valence-corrected chi connectivity index (χ1v) is 8.64. The molecule has 0 radical (unpaired) electrons. The van der Waals surface area contributed by atoms with Crippen molar-refractivity contribution in [1.29, 1.82) is 0 Å². The standard InChI is InChI=1S/C19H13Cl2N5/c1-11-7-8-14-13(9-11)15(12-5-3-2-4-6-12)25-19(24-14)26-16-17(20)22-10-23-18(16)21/h2-10H,1H3,(H,24,25,26). The van der Waals surface area contributed by atoms with Crippen molar-refractivity contribution in [3.8, 4) is 11.3 Å². The molecule has 0 amide bonds. The Hall–Kier alpha value is -2.76. The van der Waals surface area contributed by atoms with Crippen molar-refractivity contribution >= 4 is 45.7 Å². The minimum absolute atomic E-state index is 0.207. The predicted octanol–water partition coefficient (Wildman–Crippen LogP) is 5.45. The van der Waals surface area contributed by atoms with Gasteiger partial charge in [-0.25, -0.2) is 19.9 Å². The highest BCUT2D eigenvalue weighted by Gasteiger charge is 2.14. The lowest BCUT2D eigenvalue weighted by atomic mass is 10.0. The number of aryl methyl sites for hydroxylation is 1. The Labute approximate surface area is 160 Å². The van der Waals surface area contributed by atoms with Crippen LogP contribution in [0.3, 0.4) is 0 Å². The van der Waals surface area contributed by atoms with Gasteiger partial charge in [-0.05, 0) is 19.1 Å². The Balaban J connectivity index is 1.91. The van der Waals surface area contributed by atoms with Gasteiger partial charge in [0.1, 0.15) is 12.0 Å². The van der Waals surface area contributed by atoms with Crippen molar-refractivity contribution in [3.63, 3.8) is 0 Å². The van der Waals surface area contributed by atoms with Crippen LogP contribution in [0.15, 0.2) is 54.9 Å². The molecule has 0 aliphatic rings. The molecule has 2 heterocycles. The van der Waals surface area contributed by atoms with E-state index in [4.69, 9.17) is 28.2 Å². The van der Waals surface area contributed by atoms with E-state index in [1.54, 1.807) is 0 Å². The molecule has 0 saturated heterocycles. The van der Waals surface area contributed by atoms with Crippen LogP contribution in [0, 0.1) is 6.92 Å². The van der Waals surface area contributed by atoms with Gasteiger partial charge in [0.05, 0.1) is 11.2 Å². The molecule has 0 unspecified atom stereocenters. The summed E-state index contributed by atoms with van der Waals surface area (Å²) in [5.74, 6) is 0.374. The highest BCUT2D eigenvalue weighted by Crippen LogP contribution is 2.31. The summed E-state index contributed by atoms with van der Waals surface area (Å²) in [6, 6.07) is 16.0. The van der Waals surface area contributed by atoms with Crippen molar-refractivity contribution in [2.45, 2.75) is 6.92 Å². The first-order chi connectivity index (χ1) is 12.6. The molecular formula is C19H13Cl2N5. The smallest absolute Gasteiger partial charge is 0.228 e. The number of rotatable bonds is 3. The van der Waals surface area contributed by atoms with E-state index < -0.39 is 0 Å². The Bertz CT molecular complexity index is 1080. The van der Waals surface area contributed by atoms with Crippen molar-refractivity contribution < 1.29 is 0 Å². The summed E-state index contributed by atoms with van der Waals surface area (Å²) in [5.41, 5.74) is 4.15. The zero-order valence-electron chi connectivity index (χ0n) is 13.7. The highest BCUT2D eigenvalue weighted by atomic mass is 35.5. The fraction of sp³-hybridized carbons (Fsp3) is 0.0526. The summed E-state index contributed by atoms with van der Waals surface area (Å²) >= 11 is 12.2. The van der Waals surface area contributed by atoms with Crippen LogP contribution in [-0.2, 0) is 0 Å². The lowest BCUT2D eigenvalue weighted by Gasteiger charge is -2.12. The van der Waals surface area contributed by atoms with Crippen LogP contribution in [0.1, 0.15) is 5.56 Å². The number of aromatic nitrogens is 4. The molecule has 4 rings (SSSR count). The second-order valence-electron chi connectivity index (χ2n) is 5.74. The molecule has 1 N–H and O–H groups in total. The van der Waals surface area contributed by atoms with Crippen molar-refractivity contribution in [1.82, 2.24) is 19.9 Å². The summed E-state index contributed by atoms with van der Waals surface area (Å²) in [5, 5.41) is 4.44. The number of benzene rings is 2. The molecule has 0 fully saturated rings. The lowest BCUT2D eigenvalue weighted by molar-refractivity contribution is 1.15. The minimum atomic E-state index is 0.207. The van der Waals surface area contributed by atoms with Crippen LogP contribution >= 0.6 is 23.2 Å². The SMILES string of the molecule is Cc1ccc2nc(Nc3c(Cl)ncnc3Cl)nc(-c3ccccc3)c2c1. The fourth-order valence-electron chi connectivity index (χ4n) is 2.67. The predicted molar refractivity (Wildman–Crippen MR) is 105 cm³/mol. The molecule has 0 aliphatic heterocycles. The van der Waals surface area contributed by atoms with E-state index in [2.05, 4.69) is 26.3 Å². The third kappa shape index (κ3) is 3.19. The normalized spacial score (nSPS) is 10.9. The fourth-order valence-corrected chi connectivity index (χ4v) is 3.08. The number of halogens is 2. The van der Waals surface area contributed by atoms with E-state index >= 15 is 0 Å². The molecule has 7 heteroatoms. The van der Waals surface area contributed by atoms with Gasteiger partial charge in [-0.1, -0.05) is 65.2 Å². The summed E-state index contributed by atoms with van der Waals surface area (Å²) < 4.78 is 0. The zero-order valence-corrected chi connectivity index (χ0v) is 15.3. The molecule has 0 atom stereocenters. The number of nitrogens with one attached hydrogen (secondary N) is 1. The van der Waals surface area contributed by atoms with Gasteiger partial charge in [-0.3, -0.25) is 0 Å². The van der Waals surface area contributed by atoms with E-state index in [1.165, 1.54) is 6.33 Å². The molecule has 0 aliphatic carbocycles. The molecule has 128 valence electrons. The Morgan fingerprint density at radius 2 is 1.62 bits per heavy atom. The molecule has 2 aromatic carbocycles. The van der Waals surface area contributed by atoms with Gasteiger partial charge in [-0.2, -0.15) is 0 Å². The maximum atomic E-state index is 6.12. The molecule has 0 saturated carbocycles. The van der Waals surface area contributed by atoms with E-state index in [9.17, 15) is 0 Å². The van der Waals surface area contributed by atoms with Crippen LogP contribution in [0.4, 0.5) is 11.6 Å². The third-order valence-corrected chi connectivity index (χ3v) is 4.46. The van der Waals surface area contributed by atoms with E-state index in [-0.39, 0.29) is 10.3 Å². The van der Waals surface area contributed by atoms with E-state index in [0.717, 1.165) is 27.7 Å². The van der Waals surface area contributed by atoms with Crippen LogP contribution in [0.2, 0.25) is 10.3 Å². The molecule has 5 nitrogen and oxygen atoms in total. The second-order valence-corrected chi connectivity index (χ2v) is 6.45. The Morgan fingerprint density at radius 1 is 0.885 bits per heavy atom. The molecular weight excluding hydrogens is 369 g/mol. The van der Waals surface area contributed by atoms with Crippen molar-refractivity contribution in [3.05, 3.63) is 70.7 Å². The summed E-state index contributed by atoms with van der Waals surface area (Å²) in [6.45, 7) is 2.04. The average molecular weight is 382 g/mol. The number of anilines is 2. The lowest BCUT2D eigenvalue weighted by Crippen LogP contribution is -2.02. The van der Waals surface area contributed by atoms with Gasteiger partial charge in [0.15, 0.2) is 10.3 Å². The van der Waals surface area contributed by atoms with E-state index in [1.807, 2.05) is 49.4 Å². The van der Waals surface area contributed by atoms with Gasteiger partial charge in [-0.15, -0.1) is 0 Å². The van der Waals surface area contributed by atoms with Crippen molar-refractivity contribution in [2.24, 2.45) is 0 Å². The zero-order chi connectivity index (χ0) is 18.1. The van der Waals surface area contributed by atoms with Crippen molar-refractivity contribution in [2.75, 3.05) is 5.32 Å². The molecule has 4 aromatic rings. The topological polar surface area (TPSA) is 63.6 Å². The number of nitrogens with zero attached hydrogens (tertiary/aromatic N) is 4. The molecule has 0 spiro atoms. The number of hydrogen-bond donors (Lipinski definition) is 1. The van der Waals surface area contributed by atoms with Crippen LogP contribution in [0.5, 0.6) is 0 Å². The summed E-state index contributed by atoms with van der Waals surface area (Å²) in [6.07, 6.45) is 1.30. The van der Waals surface area contributed by atoms with Crippen LogP contribution in [-0.4, -0.2) is 19.9 Å². The Kier molecular flexibility index (Phi) is 4.41. The highest BCUT2D eigenvalue weighted by molar-refractivity contribution is 6.37. The summed E-state index contributed by atoms with van der Waals surface area (Å²) in [4.78, 5) is 17.2.